The van der Waals surface area contributed by atoms with E-state index >= 15 is 0 Å². The number of nitro benzene ring substituents is 1. The molecule has 1 aliphatic carbocycles. The lowest BCUT2D eigenvalue weighted by atomic mass is 9.76. The molecule has 2 aliphatic rings. The van der Waals surface area contributed by atoms with Gasteiger partial charge in [-0.25, -0.2) is 0 Å². The molecule has 3 aromatic rings. The number of hydrogen-bond acceptors (Lipinski definition) is 5. The summed E-state index contributed by atoms with van der Waals surface area (Å²) in [5.74, 6) is 1.49. The molecule has 0 saturated carbocycles. The number of anilines is 1. The third-order valence-corrected chi connectivity index (χ3v) is 8.04. The largest absolute Gasteiger partial charge is 0.493 e. The van der Waals surface area contributed by atoms with Crippen molar-refractivity contribution < 1.29 is 14.4 Å². The maximum Gasteiger partial charge on any atom is 0.270 e. The van der Waals surface area contributed by atoms with Gasteiger partial charge in [-0.05, 0) is 76.1 Å². The minimum absolute atomic E-state index is 0.0115. The first kappa shape index (κ1) is 24.9. The highest BCUT2D eigenvalue weighted by molar-refractivity contribution is 9.10. The highest BCUT2D eigenvalue weighted by Crippen LogP contribution is 2.52. The first-order chi connectivity index (χ1) is 17.3. The summed E-state index contributed by atoms with van der Waals surface area (Å²) < 4.78 is 12.6. The van der Waals surface area contributed by atoms with E-state index in [1.165, 1.54) is 0 Å². The van der Waals surface area contributed by atoms with Gasteiger partial charge in [0.15, 0.2) is 11.5 Å². The van der Waals surface area contributed by atoms with Gasteiger partial charge in [0.1, 0.15) is 6.61 Å². The lowest BCUT2D eigenvalue weighted by molar-refractivity contribution is -0.385. The van der Waals surface area contributed by atoms with Gasteiger partial charge in [-0.15, -0.1) is 0 Å². The second-order valence-corrected chi connectivity index (χ2v) is 10.7. The Balaban J connectivity index is 1.48. The number of nitrogens with zero attached hydrogens (tertiary/aromatic N) is 1. The Bertz CT molecular complexity index is 1390. The number of fused-ring (bicyclic) bond motifs is 3. The molecular weight excluding hydrogens is 567 g/mol. The molecular formula is C27H23BrCl2N2O4. The molecule has 0 spiro atoms. The second kappa shape index (κ2) is 9.96. The van der Waals surface area contributed by atoms with E-state index in [-0.39, 0.29) is 35.1 Å². The third kappa shape index (κ3) is 4.56. The molecule has 1 aliphatic heterocycles. The molecule has 186 valence electrons. The Morgan fingerprint density at radius 3 is 2.72 bits per heavy atom. The number of nitro groups is 1. The van der Waals surface area contributed by atoms with E-state index in [1.54, 1.807) is 31.4 Å². The van der Waals surface area contributed by atoms with Crippen molar-refractivity contribution in [2.24, 2.45) is 5.92 Å². The Kier molecular flexibility index (Phi) is 6.90. The number of hydrogen-bond donors (Lipinski definition) is 1. The summed E-state index contributed by atoms with van der Waals surface area (Å²) in [6.07, 6.45) is 5.20. The Hall–Kier alpha value is -2.74. The number of ether oxygens (including phenoxy) is 2. The van der Waals surface area contributed by atoms with E-state index < -0.39 is 0 Å². The maximum absolute atomic E-state index is 11.5. The molecule has 0 unspecified atom stereocenters. The van der Waals surface area contributed by atoms with Crippen LogP contribution in [0.5, 0.6) is 11.5 Å². The summed E-state index contributed by atoms with van der Waals surface area (Å²) in [5, 5.41) is 16.2. The maximum atomic E-state index is 11.5. The molecule has 5 rings (SSSR count). The highest BCUT2D eigenvalue weighted by atomic mass is 79.9. The average Bonchev–Trinajstić information content (AvgIpc) is 3.33. The molecule has 3 atom stereocenters. The van der Waals surface area contributed by atoms with E-state index in [0.29, 0.717) is 21.5 Å². The van der Waals surface area contributed by atoms with Gasteiger partial charge in [-0.2, -0.15) is 0 Å². The third-order valence-electron chi connectivity index (χ3n) is 6.86. The monoisotopic (exact) mass is 588 g/mol. The molecule has 36 heavy (non-hydrogen) atoms. The summed E-state index contributed by atoms with van der Waals surface area (Å²) in [7, 11) is 1.61. The molecule has 0 saturated heterocycles. The van der Waals surface area contributed by atoms with Crippen LogP contribution in [-0.2, 0) is 6.61 Å². The summed E-state index contributed by atoms with van der Waals surface area (Å²) in [6.45, 7) is 2.16. The van der Waals surface area contributed by atoms with Crippen LogP contribution in [0.3, 0.4) is 0 Å². The molecule has 6 nitrogen and oxygen atoms in total. The summed E-state index contributed by atoms with van der Waals surface area (Å²) in [4.78, 5) is 11.1. The quantitative estimate of drug-likeness (QED) is 0.177. The van der Waals surface area contributed by atoms with Gasteiger partial charge in [0.25, 0.3) is 5.69 Å². The lowest BCUT2D eigenvalue weighted by Gasteiger charge is -2.38. The molecule has 0 bridgehead atoms. The fourth-order valence-corrected chi connectivity index (χ4v) is 6.19. The van der Waals surface area contributed by atoms with E-state index in [2.05, 4.69) is 33.4 Å². The van der Waals surface area contributed by atoms with Crippen LogP contribution >= 0.6 is 39.1 Å². The van der Waals surface area contributed by atoms with Crippen LogP contribution in [-0.4, -0.2) is 12.0 Å². The van der Waals surface area contributed by atoms with Crippen LogP contribution in [0, 0.1) is 23.0 Å². The van der Waals surface area contributed by atoms with Crippen LogP contribution < -0.4 is 14.8 Å². The predicted octanol–water partition coefficient (Wildman–Crippen LogP) is 8.39. The molecule has 1 N–H and O–H groups in total. The smallest absolute Gasteiger partial charge is 0.270 e. The molecule has 0 fully saturated rings. The fourth-order valence-electron chi connectivity index (χ4n) is 5.15. The van der Waals surface area contributed by atoms with Gasteiger partial charge in [0.05, 0.1) is 22.5 Å². The van der Waals surface area contributed by atoms with Gasteiger partial charge in [0, 0.05) is 39.3 Å². The number of benzene rings is 3. The average molecular weight is 590 g/mol. The molecule has 3 aromatic carbocycles. The normalized spacial score (nSPS) is 19.9. The zero-order valence-electron chi connectivity index (χ0n) is 19.6. The van der Waals surface area contributed by atoms with E-state index in [4.69, 9.17) is 32.7 Å². The number of rotatable bonds is 6. The van der Waals surface area contributed by atoms with Crippen molar-refractivity contribution >= 4 is 50.5 Å². The number of non-ortho nitro benzene ring substituents is 1. The van der Waals surface area contributed by atoms with E-state index in [1.807, 2.05) is 25.1 Å². The van der Waals surface area contributed by atoms with Crippen molar-refractivity contribution in [3.63, 3.8) is 0 Å². The van der Waals surface area contributed by atoms with Gasteiger partial charge in [-0.3, -0.25) is 10.1 Å². The first-order valence-electron chi connectivity index (χ1n) is 11.4. The summed E-state index contributed by atoms with van der Waals surface area (Å²) in [6, 6.07) is 12.6. The molecule has 0 radical (unpaired) electrons. The lowest BCUT2D eigenvalue weighted by Crippen LogP contribution is -2.29. The van der Waals surface area contributed by atoms with Gasteiger partial charge in [-0.1, -0.05) is 41.4 Å². The summed E-state index contributed by atoms with van der Waals surface area (Å²) >= 11 is 16.0. The SMILES string of the molecule is COc1cc([C@@H]2Nc3c(C)cc([N+](=O)[O-])cc3[C@H]3C=CC[C@H]32)cc(Br)c1OCc1ccc(Cl)cc1Cl. The molecule has 0 amide bonds. The number of aryl methyl sites for hydroxylation is 1. The van der Waals surface area contributed by atoms with Crippen molar-refractivity contribution in [2.75, 3.05) is 12.4 Å². The molecule has 0 aromatic heterocycles. The Labute approximate surface area is 227 Å². The van der Waals surface area contributed by atoms with Gasteiger partial charge in [0.2, 0.25) is 0 Å². The predicted molar refractivity (Wildman–Crippen MR) is 146 cm³/mol. The van der Waals surface area contributed by atoms with Crippen molar-refractivity contribution in [2.45, 2.75) is 31.9 Å². The van der Waals surface area contributed by atoms with Crippen LogP contribution in [0.2, 0.25) is 10.0 Å². The van der Waals surface area contributed by atoms with Crippen molar-refractivity contribution in [3.8, 4) is 11.5 Å². The van der Waals surface area contributed by atoms with Crippen molar-refractivity contribution in [3.05, 3.63) is 102 Å². The second-order valence-electron chi connectivity index (χ2n) is 9.02. The minimum Gasteiger partial charge on any atom is -0.493 e. The van der Waals surface area contributed by atoms with Gasteiger partial charge >= 0.3 is 0 Å². The summed E-state index contributed by atoms with van der Waals surface area (Å²) in [5.41, 5.74) is 4.76. The van der Waals surface area contributed by atoms with Crippen LogP contribution in [0.1, 0.15) is 40.6 Å². The number of methoxy groups -OCH3 is 1. The topological polar surface area (TPSA) is 73.6 Å². The number of allylic oxidation sites excluding steroid dienone is 2. The van der Waals surface area contributed by atoms with Crippen LogP contribution in [0.15, 0.2) is 59.1 Å². The zero-order chi connectivity index (χ0) is 25.6. The number of halogens is 3. The first-order valence-corrected chi connectivity index (χ1v) is 13.0. The van der Waals surface area contributed by atoms with Crippen molar-refractivity contribution in [1.29, 1.82) is 0 Å². The highest BCUT2D eigenvalue weighted by Gasteiger charge is 2.40. The van der Waals surface area contributed by atoms with Crippen LogP contribution in [0.4, 0.5) is 11.4 Å². The minimum atomic E-state index is -0.328. The van der Waals surface area contributed by atoms with Crippen molar-refractivity contribution in [1.82, 2.24) is 0 Å². The Morgan fingerprint density at radius 2 is 2.00 bits per heavy atom. The zero-order valence-corrected chi connectivity index (χ0v) is 22.7. The standard InChI is InChI=1S/C27H23BrCl2N2O4/c1-14-8-18(32(33)34)12-21-19-4-3-5-20(19)26(31-25(14)21)16-9-22(28)27(24(10-16)35-2)36-13-15-6-7-17(29)11-23(15)30/h3-4,6-12,19-20,26,31H,5,13H2,1-2H3/t19-,20+,26-/m0/s1. The number of nitrogens with one attached hydrogen (secondary N) is 1. The fraction of sp³-hybridized carbons (Fsp3) is 0.259. The van der Waals surface area contributed by atoms with Gasteiger partial charge < -0.3 is 14.8 Å². The van der Waals surface area contributed by atoms with E-state index in [9.17, 15) is 10.1 Å². The molecule has 9 heteroatoms. The molecule has 1 heterocycles. The van der Waals surface area contributed by atoms with Crippen LogP contribution in [0.25, 0.3) is 0 Å². The van der Waals surface area contributed by atoms with E-state index in [0.717, 1.165) is 38.8 Å². The Morgan fingerprint density at radius 1 is 1.19 bits per heavy atom.